The SMILES string of the molecule is Cc1cc(Cc2cc(C)c(O)c(CO)c2)cc(CO)c1O. The third-order valence-electron chi connectivity index (χ3n) is 3.63. The zero-order valence-corrected chi connectivity index (χ0v) is 12.2. The van der Waals surface area contributed by atoms with E-state index in [1.165, 1.54) is 0 Å². The van der Waals surface area contributed by atoms with Gasteiger partial charge in [-0.3, -0.25) is 0 Å². The highest BCUT2D eigenvalue weighted by Gasteiger charge is 2.10. The normalized spacial score (nSPS) is 10.9. The minimum atomic E-state index is -0.211. The summed E-state index contributed by atoms with van der Waals surface area (Å²) in [4.78, 5) is 0. The molecular formula is C17H20O4. The van der Waals surface area contributed by atoms with E-state index in [-0.39, 0.29) is 24.7 Å². The van der Waals surface area contributed by atoms with Crippen LogP contribution in [0.25, 0.3) is 0 Å². The first-order valence-electron chi connectivity index (χ1n) is 6.80. The molecule has 0 atom stereocenters. The van der Waals surface area contributed by atoms with Crippen molar-refractivity contribution >= 4 is 0 Å². The number of aliphatic hydroxyl groups is 2. The average Bonchev–Trinajstić information content (AvgIpc) is 2.46. The van der Waals surface area contributed by atoms with E-state index in [0.29, 0.717) is 17.5 Å². The molecular weight excluding hydrogens is 268 g/mol. The molecule has 0 fully saturated rings. The summed E-state index contributed by atoms with van der Waals surface area (Å²) in [5.74, 6) is 0.248. The van der Waals surface area contributed by atoms with E-state index in [1.54, 1.807) is 26.0 Å². The molecule has 0 aliphatic carbocycles. The lowest BCUT2D eigenvalue weighted by atomic mass is 9.96. The predicted molar refractivity (Wildman–Crippen MR) is 80.3 cm³/mol. The Bertz CT molecular complexity index is 605. The average molecular weight is 288 g/mol. The van der Waals surface area contributed by atoms with Gasteiger partial charge in [-0.2, -0.15) is 0 Å². The van der Waals surface area contributed by atoms with Gasteiger partial charge in [-0.25, -0.2) is 0 Å². The topological polar surface area (TPSA) is 80.9 Å². The van der Waals surface area contributed by atoms with Gasteiger partial charge in [0.15, 0.2) is 0 Å². The fourth-order valence-electron chi connectivity index (χ4n) is 2.55. The molecule has 112 valence electrons. The Morgan fingerprint density at radius 3 is 1.43 bits per heavy atom. The number of phenols is 2. The van der Waals surface area contributed by atoms with E-state index in [2.05, 4.69) is 0 Å². The van der Waals surface area contributed by atoms with Crippen LogP contribution in [0.2, 0.25) is 0 Å². The quantitative estimate of drug-likeness (QED) is 0.696. The fraction of sp³-hybridized carbons (Fsp3) is 0.294. The van der Waals surface area contributed by atoms with Crippen LogP contribution in [-0.4, -0.2) is 20.4 Å². The maximum atomic E-state index is 9.82. The summed E-state index contributed by atoms with van der Waals surface area (Å²) in [7, 11) is 0. The van der Waals surface area contributed by atoms with Gasteiger partial charge in [0.25, 0.3) is 0 Å². The minimum absolute atomic E-state index is 0.124. The second kappa shape index (κ2) is 6.16. The Morgan fingerprint density at radius 1 is 0.714 bits per heavy atom. The van der Waals surface area contributed by atoms with Gasteiger partial charge >= 0.3 is 0 Å². The van der Waals surface area contributed by atoms with Gasteiger partial charge in [0.1, 0.15) is 11.5 Å². The maximum absolute atomic E-state index is 9.82. The van der Waals surface area contributed by atoms with Crippen LogP contribution < -0.4 is 0 Å². The Kier molecular flexibility index (Phi) is 4.50. The number of aliphatic hydroxyl groups excluding tert-OH is 2. The second-order valence-corrected chi connectivity index (χ2v) is 5.33. The lowest BCUT2D eigenvalue weighted by molar-refractivity contribution is 0.275. The number of rotatable bonds is 4. The van der Waals surface area contributed by atoms with Crippen molar-refractivity contribution in [3.05, 3.63) is 57.6 Å². The number of hydrogen-bond donors (Lipinski definition) is 4. The van der Waals surface area contributed by atoms with Crippen molar-refractivity contribution < 1.29 is 20.4 Å². The molecule has 2 rings (SSSR count). The molecule has 0 aliphatic rings. The van der Waals surface area contributed by atoms with Gasteiger partial charge in [-0.05, 0) is 54.7 Å². The molecule has 21 heavy (non-hydrogen) atoms. The first-order valence-corrected chi connectivity index (χ1v) is 6.80. The molecule has 0 aliphatic heterocycles. The first kappa shape index (κ1) is 15.4. The van der Waals surface area contributed by atoms with Crippen molar-refractivity contribution in [1.82, 2.24) is 0 Å². The molecule has 0 aromatic heterocycles. The van der Waals surface area contributed by atoms with E-state index in [9.17, 15) is 20.4 Å². The zero-order chi connectivity index (χ0) is 15.6. The van der Waals surface area contributed by atoms with Gasteiger partial charge in [-0.15, -0.1) is 0 Å². The molecule has 0 bridgehead atoms. The van der Waals surface area contributed by atoms with Crippen molar-refractivity contribution in [3.8, 4) is 11.5 Å². The Labute approximate surface area is 123 Å². The van der Waals surface area contributed by atoms with Crippen LogP contribution in [0.4, 0.5) is 0 Å². The van der Waals surface area contributed by atoms with Crippen molar-refractivity contribution in [2.45, 2.75) is 33.5 Å². The van der Waals surface area contributed by atoms with Gasteiger partial charge in [-0.1, -0.05) is 12.1 Å². The van der Waals surface area contributed by atoms with Gasteiger partial charge in [0, 0.05) is 11.1 Å². The van der Waals surface area contributed by atoms with Crippen molar-refractivity contribution in [2.75, 3.05) is 0 Å². The van der Waals surface area contributed by atoms with Crippen LogP contribution in [-0.2, 0) is 19.6 Å². The molecule has 4 nitrogen and oxygen atoms in total. The summed E-state index contributed by atoms with van der Waals surface area (Å²) in [6, 6.07) is 7.27. The summed E-state index contributed by atoms with van der Waals surface area (Å²) in [5.41, 5.74) is 4.36. The lowest BCUT2D eigenvalue weighted by Crippen LogP contribution is -1.97. The van der Waals surface area contributed by atoms with Gasteiger partial charge < -0.3 is 20.4 Å². The van der Waals surface area contributed by atoms with E-state index in [4.69, 9.17) is 0 Å². The number of hydrogen-bond acceptors (Lipinski definition) is 4. The summed E-state index contributed by atoms with van der Waals surface area (Å²) < 4.78 is 0. The summed E-state index contributed by atoms with van der Waals surface area (Å²) in [5, 5.41) is 38.2. The monoisotopic (exact) mass is 288 g/mol. The Morgan fingerprint density at radius 2 is 1.10 bits per heavy atom. The molecule has 0 radical (unpaired) electrons. The fourth-order valence-corrected chi connectivity index (χ4v) is 2.55. The smallest absolute Gasteiger partial charge is 0.124 e. The minimum Gasteiger partial charge on any atom is -0.507 e. The molecule has 0 saturated heterocycles. The maximum Gasteiger partial charge on any atom is 0.124 e. The lowest BCUT2D eigenvalue weighted by Gasteiger charge is -2.12. The summed E-state index contributed by atoms with van der Waals surface area (Å²) in [6.45, 7) is 3.16. The molecule has 2 aromatic rings. The predicted octanol–water partition coefficient (Wildman–Crippen LogP) is 2.29. The second-order valence-electron chi connectivity index (χ2n) is 5.33. The number of benzene rings is 2. The van der Waals surface area contributed by atoms with Crippen LogP contribution in [0.3, 0.4) is 0 Å². The van der Waals surface area contributed by atoms with Crippen LogP contribution in [0.1, 0.15) is 33.4 Å². The van der Waals surface area contributed by atoms with E-state index < -0.39 is 0 Å². The molecule has 0 heterocycles. The van der Waals surface area contributed by atoms with E-state index in [0.717, 1.165) is 22.3 Å². The van der Waals surface area contributed by atoms with Gasteiger partial charge in [0.2, 0.25) is 0 Å². The Balaban J connectivity index is 2.38. The first-order chi connectivity index (χ1) is 9.96. The van der Waals surface area contributed by atoms with Crippen LogP contribution in [0.5, 0.6) is 11.5 Å². The number of aryl methyl sites for hydroxylation is 2. The highest BCUT2D eigenvalue weighted by atomic mass is 16.3. The van der Waals surface area contributed by atoms with Crippen molar-refractivity contribution in [2.24, 2.45) is 0 Å². The standard InChI is InChI=1S/C17H20O4/c1-10-3-12(6-14(8-18)16(10)20)5-13-4-11(2)17(21)15(7-13)9-19/h3-4,6-7,18-21H,5,8-9H2,1-2H3. The molecule has 4 N–H and O–H groups in total. The highest BCUT2D eigenvalue weighted by Crippen LogP contribution is 2.28. The van der Waals surface area contributed by atoms with Crippen LogP contribution in [0, 0.1) is 13.8 Å². The largest absolute Gasteiger partial charge is 0.507 e. The molecule has 2 aromatic carbocycles. The summed E-state index contributed by atoms with van der Waals surface area (Å²) >= 11 is 0. The van der Waals surface area contributed by atoms with Crippen molar-refractivity contribution in [1.29, 1.82) is 0 Å². The van der Waals surface area contributed by atoms with E-state index >= 15 is 0 Å². The van der Waals surface area contributed by atoms with Crippen LogP contribution >= 0.6 is 0 Å². The molecule has 0 amide bonds. The van der Waals surface area contributed by atoms with Gasteiger partial charge in [0.05, 0.1) is 13.2 Å². The highest BCUT2D eigenvalue weighted by molar-refractivity contribution is 5.47. The zero-order valence-electron chi connectivity index (χ0n) is 12.2. The van der Waals surface area contributed by atoms with Crippen LogP contribution in [0.15, 0.2) is 24.3 Å². The molecule has 0 spiro atoms. The third-order valence-corrected chi connectivity index (χ3v) is 3.63. The molecule has 0 saturated carbocycles. The molecule has 0 unspecified atom stereocenters. The van der Waals surface area contributed by atoms with E-state index in [1.807, 2.05) is 12.1 Å². The Hall–Kier alpha value is -2.04. The van der Waals surface area contributed by atoms with Crippen molar-refractivity contribution in [3.63, 3.8) is 0 Å². The number of aromatic hydroxyl groups is 2. The molecule has 4 heteroatoms. The summed E-state index contributed by atoms with van der Waals surface area (Å²) in [6.07, 6.45) is 0.599. The third kappa shape index (κ3) is 3.17.